The first-order valence-corrected chi connectivity index (χ1v) is 6.37. The first-order chi connectivity index (χ1) is 9.95. The molecule has 0 aliphatic carbocycles. The molecule has 2 rings (SSSR count). The van der Waals surface area contributed by atoms with Crippen LogP contribution < -0.4 is 10.6 Å². The van der Waals surface area contributed by atoms with Gasteiger partial charge in [0.15, 0.2) is 17.5 Å². The number of nitrogens with one attached hydrogen (secondary N) is 2. The second kappa shape index (κ2) is 6.45. The van der Waals surface area contributed by atoms with Gasteiger partial charge in [-0.25, -0.2) is 8.78 Å². The van der Waals surface area contributed by atoms with E-state index >= 15 is 0 Å². The lowest BCUT2D eigenvalue weighted by molar-refractivity contribution is -0.115. The summed E-state index contributed by atoms with van der Waals surface area (Å²) in [5.41, 5.74) is 0.555. The van der Waals surface area contributed by atoms with Crippen molar-refractivity contribution in [2.45, 2.75) is 19.9 Å². The molecule has 2 aromatic rings. The van der Waals surface area contributed by atoms with Crippen LogP contribution in [0.5, 0.6) is 0 Å². The summed E-state index contributed by atoms with van der Waals surface area (Å²) >= 11 is 0. The quantitative estimate of drug-likeness (QED) is 0.889. The van der Waals surface area contributed by atoms with Crippen LogP contribution in [-0.4, -0.2) is 17.6 Å². The van der Waals surface area contributed by atoms with Crippen LogP contribution in [0.2, 0.25) is 0 Å². The molecule has 0 saturated heterocycles. The van der Waals surface area contributed by atoms with Crippen molar-refractivity contribution in [2.75, 3.05) is 11.9 Å². The van der Waals surface area contributed by atoms with E-state index < -0.39 is 11.6 Å². The van der Waals surface area contributed by atoms with Gasteiger partial charge in [-0.2, -0.15) is 0 Å². The van der Waals surface area contributed by atoms with Gasteiger partial charge in [0.2, 0.25) is 5.91 Å². The first-order valence-electron chi connectivity index (χ1n) is 6.37. The van der Waals surface area contributed by atoms with E-state index in [2.05, 4.69) is 15.8 Å². The van der Waals surface area contributed by atoms with E-state index in [-0.39, 0.29) is 18.5 Å². The molecule has 0 radical (unpaired) electrons. The molecule has 21 heavy (non-hydrogen) atoms. The Morgan fingerprint density at radius 1 is 1.33 bits per heavy atom. The number of rotatable bonds is 5. The third-order valence-corrected chi connectivity index (χ3v) is 2.91. The molecule has 1 aromatic carbocycles. The predicted octanol–water partition coefficient (Wildman–Crippen LogP) is 2.55. The van der Waals surface area contributed by atoms with Crippen molar-refractivity contribution in [1.82, 2.24) is 10.5 Å². The summed E-state index contributed by atoms with van der Waals surface area (Å²) < 4.78 is 30.8. The number of halogens is 2. The van der Waals surface area contributed by atoms with E-state index in [0.717, 1.165) is 12.1 Å². The number of aromatic nitrogens is 1. The van der Waals surface area contributed by atoms with E-state index in [0.29, 0.717) is 17.1 Å². The second-order valence-electron chi connectivity index (χ2n) is 4.65. The number of benzene rings is 1. The highest BCUT2D eigenvalue weighted by Gasteiger charge is 2.11. The van der Waals surface area contributed by atoms with Crippen molar-refractivity contribution in [3.8, 4) is 0 Å². The van der Waals surface area contributed by atoms with Crippen molar-refractivity contribution >= 4 is 11.7 Å². The summed E-state index contributed by atoms with van der Waals surface area (Å²) in [6.45, 7) is 3.47. The summed E-state index contributed by atoms with van der Waals surface area (Å²) in [5.74, 6) is -1.19. The highest BCUT2D eigenvalue weighted by atomic mass is 19.2. The van der Waals surface area contributed by atoms with Crippen LogP contribution in [0.25, 0.3) is 0 Å². The van der Waals surface area contributed by atoms with Crippen LogP contribution in [0.1, 0.15) is 24.3 Å². The van der Waals surface area contributed by atoms with E-state index in [4.69, 9.17) is 4.52 Å². The minimum atomic E-state index is -0.913. The van der Waals surface area contributed by atoms with Crippen LogP contribution in [0.3, 0.4) is 0 Å². The second-order valence-corrected chi connectivity index (χ2v) is 4.65. The fourth-order valence-corrected chi connectivity index (χ4v) is 1.76. The molecular weight excluding hydrogens is 280 g/mol. The van der Waals surface area contributed by atoms with Gasteiger partial charge in [0, 0.05) is 12.1 Å². The van der Waals surface area contributed by atoms with E-state index in [9.17, 15) is 13.6 Å². The molecule has 5 nitrogen and oxygen atoms in total. The molecule has 0 spiro atoms. The molecule has 1 amide bonds. The largest absolute Gasteiger partial charge is 0.360 e. The number of hydrogen-bond donors (Lipinski definition) is 2. The van der Waals surface area contributed by atoms with Crippen LogP contribution in [0.4, 0.5) is 14.6 Å². The molecular formula is C14H15F2N3O2. The number of amides is 1. The molecule has 0 fully saturated rings. The predicted molar refractivity (Wildman–Crippen MR) is 72.6 cm³/mol. The summed E-state index contributed by atoms with van der Waals surface area (Å²) in [7, 11) is 0. The fraction of sp³-hybridized carbons (Fsp3) is 0.286. The summed E-state index contributed by atoms with van der Waals surface area (Å²) in [6.07, 6.45) is 0. The van der Waals surface area contributed by atoms with Crippen molar-refractivity contribution in [2.24, 2.45) is 0 Å². The van der Waals surface area contributed by atoms with E-state index in [1.54, 1.807) is 19.9 Å². The molecule has 0 unspecified atom stereocenters. The average molecular weight is 295 g/mol. The van der Waals surface area contributed by atoms with Crippen molar-refractivity contribution in [3.63, 3.8) is 0 Å². The SMILES string of the molecule is Cc1cc(NC(=O)CN[C@H](C)c2ccc(F)c(F)c2)no1. The van der Waals surface area contributed by atoms with Crippen molar-refractivity contribution < 1.29 is 18.1 Å². The Hall–Kier alpha value is -2.28. The molecule has 1 atom stereocenters. The van der Waals surface area contributed by atoms with Crippen LogP contribution >= 0.6 is 0 Å². The third-order valence-electron chi connectivity index (χ3n) is 2.91. The lowest BCUT2D eigenvalue weighted by Gasteiger charge is -2.14. The monoisotopic (exact) mass is 295 g/mol. The molecule has 0 aliphatic heterocycles. The van der Waals surface area contributed by atoms with Gasteiger partial charge in [-0.05, 0) is 31.5 Å². The number of carbonyl (C=O) groups is 1. The molecule has 0 bridgehead atoms. The number of aryl methyl sites for hydroxylation is 1. The first kappa shape index (κ1) is 15.1. The minimum Gasteiger partial charge on any atom is -0.360 e. The topological polar surface area (TPSA) is 67.2 Å². The molecule has 1 heterocycles. The fourth-order valence-electron chi connectivity index (χ4n) is 1.76. The van der Waals surface area contributed by atoms with Crippen molar-refractivity contribution in [1.29, 1.82) is 0 Å². The van der Waals surface area contributed by atoms with Gasteiger partial charge in [-0.15, -0.1) is 0 Å². The smallest absolute Gasteiger partial charge is 0.239 e. The highest BCUT2D eigenvalue weighted by molar-refractivity contribution is 5.91. The lowest BCUT2D eigenvalue weighted by atomic mass is 10.1. The van der Waals surface area contributed by atoms with Crippen LogP contribution in [-0.2, 0) is 4.79 Å². The Kier molecular flexibility index (Phi) is 4.64. The number of carbonyl (C=O) groups excluding carboxylic acids is 1. The van der Waals surface area contributed by atoms with Crippen LogP contribution in [0.15, 0.2) is 28.8 Å². The Morgan fingerprint density at radius 3 is 2.71 bits per heavy atom. The normalized spacial score (nSPS) is 12.2. The zero-order valence-corrected chi connectivity index (χ0v) is 11.6. The van der Waals surface area contributed by atoms with Crippen LogP contribution in [0, 0.1) is 18.6 Å². The molecule has 1 aromatic heterocycles. The van der Waals surface area contributed by atoms with Gasteiger partial charge in [0.05, 0.1) is 6.54 Å². The third kappa shape index (κ3) is 4.09. The highest BCUT2D eigenvalue weighted by Crippen LogP contribution is 2.15. The van der Waals surface area contributed by atoms with Gasteiger partial charge in [0.1, 0.15) is 5.76 Å². The zero-order chi connectivity index (χ0) is 15.4. The summed E-state index contributed by atoms with van der Waals surface area (Å²) in [4.78, 5) is 11.7. The number of hydrogen-bond acceptors (Lipinski definition) is 4. The van der Waals surface area contributed by atoms with E-state index in [1.807, 2.05) is 0 Å². The van der Waals surface area contributed by atoms with Crippen molar-refractivity contribution in [3.05, 3.63) is 47.2 Å². The van der Waals surface area contributed by atoms with Gasteiger partial charge in [0.25, 0.3) is 0 Å². The zero-order valence-electron chi connectivity index (χ0n) is 11.6. The maximum absolute atomic E-state index is 13.1. The summed E-state index contributed by atoms with van der Waals surface area (Å²) in [5, 5.41) is 9.10. The molecule has 0 aliphatic rings. The Bertz CT molecular complexity index is 643. The van der Waals surface area contributed by atoms with E-state index in [1.165, 1.54) is 6.07 Å². The Labute approximate surface area is 120 Å². The summed E-state index contributed by atoms with van der Waals surface area (Å²) in [6, 6.07) is 4.92. The van der Waals surface area contributed by atoms with Gasteiger partial charge < -0.3 is 15.2 Å². The van der Waals surface area contributed by atoms with Gasteiger partial charge >= 0.3 is 0 Å². The standard InChI is InChI=1S/C14H15F2N3O2/c1-8-5-13(19-21-8)18-14(20)7-17-9(2)10-3-4-11(15)12(16)6-10/h3-6,9,17H,7H2,1-2H3,(H,18,19,20)/t9-/m1/s1. The Morgan fingerprint density at radius 2 is 2.10 bits per heavy atom. The Balaban J connectivity index is 1.86. The number of nitrogens with zero attached hydrogens (tertiary/aromatic N) is 1. The molecule has 2 N–H and O–H groups in total. The average Bonchev–Trinajstić information content (AvgIpc) is 2.84. The lowest BCUT2D eigenvalue weighted by Crippen LogP contribution is -2.30. The number of anilines is 1. The minimum absolute atomic E-state index is 0.00602. The molecule has 0 saturated carbocycles. The maximum atomic E-state index is 13.1. The molecule has 112 valence electrons. The van der Waals surface area contributed by atoms with Gasteiger partial charge in [-0.1, -0.05) is 11.2 Å². The maximum Gasteiger partial charge on any atom is 0.239 e. The van der Waals surface area contributed by atoms with Gasteiger partial charge in [-0.3, -0.25) is 4.79 Å². The molecule has 7 heteroatoms.